The van der Waals surface area contributed by atoms with E-state index in [0.29, 0.717) is 16.4 Å². The molecule has 3 N–H and O–H groups in total. The number of carbonyl (C=O) groups excluding carboxylic acids is 1. The largest absolute Gasteiger partial charge is 0.489 e. The number of nitrogens with one attached hydrogen (secondary N) is 2. The molecule has 1 aliphatic carbocycles. The number of ether oxygens (including phenoxy) is 1. The van der Waals surface area contributed by atoms with Gasteiger partial charge in [0, 0.05) is 43.2 Å². The Bertz CT molecular complexity index is 1130. The molecule has 4 aliphatic rings. The number of allylic oxidation sites excluding steroid dienone is 1. The third-order valence-corrected chi connectivity index (χ3v) is 7.61. The van der Waals surface area contributed by atoms with Gasteiger partial charge in [-0.05, 0) is 37.8 Å². The molecular weight excluding hydrogens is 485 g/mol. The number of carbonyl (C=O) groups is 1. The van der Waals surface area contributed by atoms with Crippen LogP contribution in [0.3, 0.4) is 0 Å². The van der Waals surface area contributed by atoms with Crippen LogP contribution in [0.2, 0.25) is 0 Å². The topological polar surface area (TPSA) is 101 Å². The molecule has 2 saturated heterocycles. The number of aliphatic hydroxyl groups is 1. The highest BCUT2D eigenvalue weighted by atomic mass is 35.5. The quantitative estimate of drug-likeness (QED) is 0.570. The molecule has 36 heavy (non-hydrogen) atoms. The average molecular weight is 516 g/mol. The summed E-state index contributed by atoms with van der Waals surface area (Å²) in [6.45, 7) is 1.95. The second kappa shape index (κ2) is 10.7. The van der Waals surface area contributed by atoms with E-state index >= 15 is 0 Å². The molecule has 0 spiro atoms. The van der Waals surface area contributed by atoms with Gasteiger partial charge in [0.15, 0.2) is 0 Å². The lowest BCUT2D eigenvalue weighted by atomic mass is 9.90. The van der Waals surface area contributed by atoms with Crippen molar-refractivity contribution in [3.63, 3.8) is 0 Å². The Hall–Kier alpha value is -2.75. The molecule has 192 valence electrons. The molecule has 1 aromatic carbocycles. The SMILES string of the molecule is N=C1CN(C(=O)c2ccc(F)cc2OC2CCN([C@H]3CCCC[C@@H]3O)CC2)C/C1=C1\N=CC(Cl)=CN1. The zero-order valence-electron chi connectivity index (χ0n) is 20.1. The molecule has 5 rings (SSSR count). The number of benzene rings is 1. The summed E-state index contributed by atoms with van der Waals surface area (Å²) in [5, 5.41) is 22.2. The van der Waals surface area contributed by atoms with Gasteiger partial charge in [-0.3, -0.25) is 9.69 Å². The van der Waals surface area contributed by atoms with Crippen LogP contribution in [0.4, 0.5) is 4.39 Å². The van der Waals surface area contributed by atoms with Crippen molar-refractivity contribution < 1.29 is 19.0 Å². The van der Waals surface area contributed by atoms with Crippen molar-refractivity contribution in [3.05, 3.63) is 52.2 Å². The summed E-state index contributed by atoms with van der Waals surface area (Å²) in [6.07, 6.45) is 8.26. The number of rotatable bonds is 4. The molecule has 10 heteroatoms. The Morgan fingerprint density at radius 1 is 1.19 bits per heavy atom. The molecular formula is C26H31ClFN5O3. The van der Waals surface area contributed by atoms with Gasteiger partial charge in [-0.15, -0.1) is 0 Å². The van der Waals surface area contributed by atoms with Gasteiger partial charge in [-0.25, -0.2) is 9.38 Å². The third-order valence-electron chi connectivity index (χ3n) is 7.41. The molecule has 0 bridgehead atoms. The zero-order chi connectivity index (χ0) is 25.2. The number of hydrogen-bond acceptors (Lipinski definition) is 7. The molecule has 1 aromatic rings. The van der Waals surface area contributed by atoms with E-state index in [2.05, 4.69) is 15.2 Å². The lowest BCUT2D eigenvalue weighted by Gasteiger charge is -2.41. The van der Waals surface area contributed by atoms with E-state index < -0.39 is 5.82 Å². The van der Waals surface area contributed by atoms with Crippen LogP contribution in [0.1, 0.15) is 48.9 Å². The molecule has 0 radical (unpaired) electrons. The minimum atomic E-state index is -0.467. The maximum absolute atomic E-state index is 14.2. The summed E-state index contributed by atoms with van der Waals surface area (Å²) in [4.78, 5) is 21.5. The number of amides is 1. The standard InChI is InChI=1S/C26H31ClFN5O3/c27-16-12-30-25(31-13-16)20-14-33(15-21(20)29)26(35)19-6-5-17(28)11-24(19)36-18-7-9-32(10-8-18)22-3-1-2-4-23(22)34/h5-6,11-13,18,22-23,29-30,34H,1-4,7-10,14-15H2/b25-20+,29-21?/t22-,23-/m0/s1. The normalized spacial score (nSPS) is 27.7. The van der Waals surface area contributed by atoms with Crippen LogP contribution in [-0.4, -0.2) is 77.2 Å². The van der Waals surface area contributed by atoms with Gasteiger partial charge in [0.05, 0.1) is 35.5 Å². The van der Waals surface area contributed by atoms with Crippen LogP contribution in [0.5, 0.6) is 5.75 Å². The zero-order valence-corrected chi connectivity index (χ0v) is 20.8. The number of aliphatic imine (C=N–C) groups is 1. The first-order chi connectivity index (χ1) is 17.4. The Kier molecular flexibility index (Phi) is 7.41. The number of aliphatic hydroxyl groups excluding tert-OH is 1. The van der Waals surface area contributed by atoms with Crippen molar-refractivity contribution in [2.45, 2.75) is 56.8 Å². The predicted octanol–water partition coefficient (Wildman–Crippen LogP) is 3.41. The smallest absolute Gasteiger partial charge is 0.258 e. The predicted molar refractivity (Wildman–Crippen MR) is 136 cm³/mol. The van der Waals surface area contributed by atoms with Gasteiger partial charge in [-0.1, -0.05) is 24.4 Å². The second-order valence-corrected chi connectivity index (χ2v) is 10.2. The molecule has 1 amide bonds. The molecule has 3 heterocycles. The number of nitrogens with zero attached hydrogens (tertiary/aromatic N) is 3. The first-order valence-corrected chi connectivity index (χ1v) is 12.9. The van der Waals surface area contributed by atoms with Gasteiger partial charge in [-0.2, -0.15) is 0 Å². The Labute approximate surface area is 215 Å². The first kappa shape index (κ1) is 24.9. The van der Waals surface area contributed by atoms with E-state index in [0.717, 1.165) is 51.6 Å². The highest BCUT2D eigenvalue weighted by molar-refractivity contribution is 6.39. The molecule has 0 aromatic heterocycles. The molecule has 3 fully saturated rings. The van der Waals surface area contributed by atoms with Gasteiger partial charge in [0.2, 0.25) is 0 Å². The minimum absolute atomic E-state index is 0.130. The van der Waals surface area contributed by atoms with Crippen molar-refractivity contribution >= 4 is 29.4 Å². The van der Waals surface area contributed by atoms with Crippen molar-refractivity contribution in [1.82, 2.24) is 15.1 Å². The van der Waals surface area contributed by atoms with Crippen LogP contribution in [0.15, 0.2) is 45.8 Å². The fourth-order valence-corrected chi connectivity index (χ4v) is 5.56. The molecule has 1 saturated carbocycles. The second-order valence-electron chi connectivity index (χ2n) is 9.81. The average Bonchev–Trinajstić information content (AvgIpc) is 3.27. The summed E-state index contributed by atoms with van der Waals surface area (Å²) < 4.78 is 20.4. The lowest BCUT2D eigenvalue weighted by molar-refractivity contribution is -0.00709. The van der Waals surface area contributed by atoms with E-state index in [4.69, 9.17) is 21.7 Å². The van der Waals surface area contributed by atoms with Crippen LogP contribution < -0.4 is 10.1 Å². The summed E-state index contributed by atoms with van der Waals surface area (Å²) in [5.74, 6) is -0.0652. The minimum Gasteiger partial charge on any atom is -0.489 e. The summed E-state index contributed by atoms with van der Waals surface area (Å²) in [5.41, 5.74) is 1.18. The lowest BCUT2D eigenvalue weighted by Crippen LogP contribution is -2.50. The maximum atomic E-state index is 14.2. The molecule has 2 atom stereocenters. The van der Waals surface area contributed by atoms with Crippen molar-refractivity contribution in [2.24, 2.45) is 4.99 Å². The Morgan fingerprint density at radius 2 is 1.97 bits per heavy atom. The summed E-state index contributed by atoms with van der Waals surface area (Å²) in [6, 6.07) is 4.18. The summed E-state index contributed by atoms with van der Waals surface area (Å²) in [7, 11) is 0. The van der Waals surface area contributed by atoms with Crippen LogP contribution in [0.25, 0.3) is 0 Å². The fourth-order valence-electron chi connectivity index (χ4n) is 5.46. The number of likely N-dealkylation sites (tertiary alicyclic amines) is 2. The van der Waals surface area contributed by atoms with Gasteiger partial charge in [0.1, 0.15) is 23.5 Å². The maximum Gasteiger partial charge on any atom is 0.258 e. The Morgan fingerprint density at radius 3 is 2.69 bits per heavy atom. The first-order valence-electron chi connectivity index (χ1n) is 12.5. The van der Waals surface area contributed by atoms with Crippen LogP contribution in [-0.2, 0) is 0 Å². The van der Waals surface area contributed by atoms with E-state index in [1.54, 1.807) is 6.20 Å². The fraction of sp³-hybridized carbons (Fsp3) is 0.500. The molecule has 8 nitrogen and oxygen atoms in total. The number of halogens is 2. The third kappa shape index (κ3) is 5.33. The Balaban J connectivity index is 1.26. The van der Waals surface area contributed by atoms with Gasteiger partial charge in [0.25, 0.3) is 5.91 Å². The van der Waals surface area contributed by atoms with Gasteiger partial charge >= 0.3 is 0 Å². The van der Waals surface area contributed by atoms with E-state index in [1.807, 2.05) is 0 Å². The number of hydrogen-bond donors (Lipinski definition) is 3. The highest BCUT2D eigenvalue weighted by Gasteiger charge is 2.34. The van der Waals surface area contributed by atoms with Crippen molar-refractivity contribution in [1.29, 1.82) is 5.41 Å². The monoisotopic (exact) mass is 515 g/mol. The summed E-state index contributed by atoms with van der Waals surface area (Å²) >= 11 is 5.90. The molecule has 0 unspecified atom stereocenters. The van der Waals surface area contributed by atoms with Crippen molar-refractivity contribution in [3.8, 4) is 5.75 Å². The van der Waals surface area contributed by atoms with Crippen LogP contribution >= 0.6 is 11.6 Å². The number of piperidine rings is 1. The molecule has 3 aliphatic heterocycles. The van der Waals surface area contributed by atoms with E-state index in [9.17, 15) is 14.3 Å². The van der Waals surface area contributed by atoms with E-state index in [1.165, 1.54) is 29.3 Å². The van der Waals surface area contributed by atoms with E-state index in [-0.39, 0.29) is 54.3 Å². The van der Waals surface area contributed by atoms with Crippen molar-refractivity contribution in [2.75, 3.05) is 26.2 Å². The van der Waals surface area contributed by atoms with Crippen LogP contribution in [0, 0.1) is 11.2 Å². The van der Waals surface area contributed by atoms with Gasteiger partial charge < -0.3 is 25.5 Å². The highest BCUT2D eigenvalue weighted by Crippen LogP contribution is 2.30.